The van der Waals surface area contributed by atoms with E-state index in [-0.39, 0.29) is 12.5 Å². The van der Waals surface area contributed by atoms with Crippen LogP contribution in [0.15, 0.2) is 6.07 Å². The van der Waals surface area contributed by atoms with E-state index < -0.39 is 0 Å². The molecule has 27 heavy (non-hydrogen) atoms. The molecule has 1 aliphatic carbocycles. The van der Waals surface area contributed by atoms with Crippen LogP contribution in [0.2, 0.25) is 0 Å². The molecule has 0 atom stereocenters. The minimum Gasteiger partial charge on any atom is -0.397 e. The summed E-state index contributed by atoms with van der Waals surface area (Å²) in [7, 11) is 0. The Hall–Kier alpha value is -1.70. The van der Waals surface area contributed by atoms with Gasteiger partial charge in [0.15, 0.2) is 0 Å². The van der Waals surface area contributed by atoms with Crippen molar-refractivity contribution in [2.75, 3.05) is 45.1 Å². The minimum absolute atomic E-state index is 0.0200. The van der Waals surface area contributed by atoms with E-state index in [2.05, 4.69) is 11.0 Å². The van der Waals surface area contributed by atoms with E-state index in [9.17, 15) is 4.79 Å². The quantitative estimate of drug-likeness (QED) is 0.843. The maximum atomic E-state index is 13.0. The molecular weight excluding hydrogens is 360 g/mol. The summed E-state index contributed by atoms with van der Waals surface area (Å²) >= 11 is 1.44. The monoisotopic (exact) mass is 388 g/mol. The van der Waals surface area contributed by atoms with E-state index in [0.717, 1.165) is 36.1 Å². The molecule has 4 rings (SSSR count). The number of nitrogens with zero attached hydrogens (tertiary/aromatic N) is 3. The molecule has 0 saturated carbocycles. The van der Waals surface area contributed by atoms with Crippen LogP contribution in [0, 0.1) is 0 Å². The van der Waals surface area contributed by atoms with Crippen molar-refractivity contribution >= 4 is 33.1 Å². The number of hydrogen-bond donors (Lipinski definition) is 2. The number of nitrogens with two attached hydrogens (primary N) is 1. The molecule has 1 saturated heterocycles. The molecule has 0 aromatic carbocycles. The first-order valence-corrected chi connectivity index (χ1v) is 10.8. The Bertz CT molecular complexity index is 827. The maximum Gasteiger partial charge on any atom is 0.266 e. The highest BCUT2D eigenvalue weighted by atomic mass is 32.1. The second-order valence-electron chi connectivity index (χ2n) is 7.56. The zero-order chi connectivity index (χ0) is 18.8. The summed E-state index contributed by atoms with van der Waals surface area (Å²) in [6.45, 7) is 3.77. The minimum atomic E-state index is 0.0200. The number of aryl methyl sites for hydroxylation is 2. The lowest BCUT2D eigenvalue weighted by atomic mass is 9.96. The van der Waals surface area contributed by atoms with Crippen molar-refractivity contribution in [3.63, 3.8) is 0 Å². The van der Waals surface area contributed by atoms with Gasteiger partial charge in [-0.1, -0.05) is 12.8 Å². The number of aromatic nitrogens is 1. The number of thiophene rings is 1. The SMILES string of the molecule is Nc1c(C(=O)N2CCN(CCO)CC2)sc2nc3c(cc12)CCCCCC3. The first kappa shape index (κ1) is 18.7. The van der Waals surface area contributed by atoms with Crippen LogP contribution in [0.25, 0.3) is 10.2 Å². The van der Waals surface area contributed by atoms with E-state index in [4.69, 9.17) is 15.8 Å². The molecule has 1 amide bonds. The Labute approximate surface area is 164 Å². The highest BCUT2D eigenvalue weighted by Crippen LogP contribution is 2.35. The Balaban J connectivity index is 1.59. The number of aliphatic hydroxyl groups excluding tert-OH is 1. The van der Waals surface area contributed by atoms with Crippen LogP contribution in [0.1, 0.15) is 46.6 Å². The lowest BCUT2D eigenvalue weighted by Gasteiger charge is -2.34. The summed E-state index contributed by atoms with van der Waals surface area (Å²) in [4.78, 5) is 23.5. The van der Waals surface area contributed by atoms with Gasteiger partial charge in [-0.3, -0.25) is 9.69 Å². The standard InChI is InChI=1S/C20H28N4O2S/c21-17-15-13-14-5-3-1-2-4-6-16(14)22-19(15)27-18(17)20(26)24-9-7-23(8-10-24)11-12-25/h13,25H,1-12,21H2. The van der Waals surface area contributed by atoms with Crippen LogP contribution in [0.4, 0.5) is 5.69 Å². The predicted octanol–water partition coefficient (Wildman–Crippen LogP) is 2.29. The molecule has 146 valence electrons. The van der Waals surface area contributed by atoms with Crippen molar-refractivity contribution in [2.24, 2.45) is 0 Å². The van der Waals surface area contributed by atoms with Crippen LogP contribution in [0.3, 0.4) is 0 Å². The molecule has 2 aromatic rings. The van der Waals surface area contributed by atoms with Gasteiger partial charge in [-0.05, 0) is 37.3 Å². The molecule has 0 spiro atoms. The van der Waals surface area contributed by atoms with E-state index in [0.29, 0.717) is 30.2 Å². The third kappa shape index (κ3) is 3.81. The Morgan fingerprint density at radius 1 is 1.15 bits per heavy atom. The van der Waals surface area contributed by atoms with Gasteiger partial charge in [0, 0.05) is 43.8 Å². The van der Waals surface area contributed by atoms with Crippen LogP contribution >= 0.6 is 11.3 Å². The molecule has 0 bridgehead atoms. The fourth-order valence-corrected chi connectivity index (χ4v) is 5.20. The van der Waals surface area contributed by atoms with Crippen molar-refractivity contribution in [2.45, 2.75) is 38.5 Å². The van der Waals surface area contributed by atoms with Gasteiger partial charge >= 0.3 is 0 Å². The number of rotatable bonds is 3. The molecule has 0 unspecified atom stereocenters. The molecular formula is C20H28N4O2S. The Morgan fingerprint density at radius 3 is 2.63 bits per heavy atom. The number of hydrogen-bond acceptors (Lipinski definition) is 6. The van der Waals surface area contributed by atoms with Crippen LogP contribution in [-0.4, -0.2) is 65.1 Å². The third-order valence-corrected chi connectivity index (χ3v) is 6.87. The zero-order valence-corrected chi connectivity index (χ0v) is 16.6. The second kappa shape index (κ2) is 8.12. The van der Waals surface area contributed by atoms with Crippen LogP contribution in [0.5, 0.6) is 0 Å². The van der Waals surface area contributed by atoms with Crippen molar-refractivity contribution < 1.29 is 9.90 Å². The van der Waals surface area contributed by atoms with Gasteiger partial charge < -0.3 is 15.7 Å². The van der Waals surface area contributed by atoms with Gasteiger partial charge in [-0.2, -0.15) is 0 Å². The summed E-state index contributed by atoms with van der Waals surface area (Å²) in [6, 6.07) is 2.19. The van der Waals surface area contributed by atoms with Gasteiger partial charge in [-0.25, -0.2) is 4.98 Å². The van der Waals surface area contributed by atoms with Crippen molar-refractivity contribution in [1.29, 1.82) is 0 Å². The summed E-state index contributed by atoms with van der Waals surface area (Å²) in [6.07, 6.45) is 7.04. The smallest absolute Gasteiger partial charge is 0.266 e. The number of aliphatic hydroxyl groups is 1. The predicted molar refractivity (Wildman–Crippen MR) is 109 cm³/mol. The molecule has 1 aliphatic heterocycles. The van der Waals surface area contributed by atoms with Gasteiger partial charge in [0.25, 0.3) is 5.91 Å². The lowest BCUT2D eigenvalue weighted by Crippen LogP contribution is -2.49. The van der Waals surface area contributed by atoms with Crippen molar-refractivity contribution in [3.8, 4) is 0 Å². The van der Waals surface area contributed by atoms with Gasteiger partial charge in [0.2, 0.25) is 0 Å². The van der Waals surface area contributed by atoms with Gasteiger partial charge in [0.1, 0.15) is 9.71 Å². The van der Waals surface area contributed by atoms with Crippen molar-refractivity contribution in [3.05, 3.63) is 22.2 Å². The maximum absolute atomic E-state index is 13.0. The fourth-order valence-electron chi connectivity index (χ4n) is 4.13. The number of carbonyl (C=O) groups is 1. The van der Waals surface area contributed by atoms with E-state index in [1.165, 1.54) is 48.3 Å². The molecule has 1 fully saturated rings. The highest BCUT2D eigenvalue weighted by molar-refractivity contribution is 7.21. The molecule has 6 nitrogen and oxygen atoms in total. The number of fused-ring (bicyclic) bond motifs is 2. The molecule has 7 heteroatoms. The summed E-state index contributed by atoms with van der Waals surface area (Å²) in [5.41, 5.74) is 9.50. The Kier molecular flexibility index (Phi) is 5.61. The summed E-state index contributed by atoms with van der Waals surface area (Å²) in [5, 5.41) is 10.0. The first-order chi connectivity index (χ1) is 13.2. The van der Waals surface area contributed by atoms with E-state index in [1.54, 1.807) is 0 Å². The van der Waals surface area contributed by atoms with Gasteiger partial charge in [-0.15, -0.1) is 11.3 Å². The number of β-amino-alcohol motifs (C(OH)–C–C–N with tert-alkyl or cyclic N) is 1. The molecule has 0 radical (unpaired) electrons. The number of nitrogen functional groups attached to an aromatic ring is 1. The topological polar surface area (TPSA) is 82.7 Å². The fraction of sp³-hybridized carbons (Fsp3) is 0.600. The van der Waals surface area contributed by atoms with E-state index >= 15 is 0 Å². The second-order valence-corrected chi connectivity index (χ2v) is 8.56. The number of piperazine rings is 1. The normalized spacial score (nSPS) is 18.9. The number of anilines is 1. The average molecular weight is 389 g/mol. The molecule has 3 N–H and O–H groups in total. The first-order valence-electron chi connectivity index (χ1n) is 10.0. The summed E-state index contributed by atoms with van der Waals surface area (Å²) in [5.74, 6) is 0.0200. The largest absolute Gasteiger partial charge is 0.397 e. The zero-order valence-electron chi connectivity index (χ0n) is 15.7. The average Bonchev–Trinajstić information content (AvgIpc) is 2.98. The lowest BCUT2D eigenvalue weighted by molar-refractivity contribution is 0.0620. The third-order valence-electron chi connectivity index (χ3n) is 5.77. The summed E-state index contributed by atoms with van der Waals surface area (Å²) < 4.78 is 0. The molecule has 2 aromatic heterocycles. The van der Waals surface area contributed by atoms with E-state index in [1.807, 2.05) is 4.90 Å². The molecule has 3 heterocycles. The Morgan fingerprint density at radius 2 is 1.89 bits per heavy atom. The van der Waals surface area contributed by atoms with Crippen molar-refractivity contribution in [1.82, 2.24) is 14.8 Å². The highest BCUT2D eigenvalue weighted by Gasteiger charge is 2.26. The molecule has 2 aliphatic rings. The van der Waals surface area contributed by atoms with Gasteiger partial charge in [0.05, 0.1) is 12.3 Å². The number of amides is 1. The van der Waals surface area contributed by atoms with Crippen LogP contribution < -0.4 is 5.73 Å². The number of pyridine rings is 1. The number of carbonyl (C=O) groups excluding carboxylic acids is 1. The van der Waals surface area contributed by atoms with Crippen LogP contribution in [-0.2, 0) is 12.8 Å².